The lowest BCUT2D eigenvalue weighted by atomic mass is 10.0. The van der Waals surface area contributed by atoms with Crippen molar-refractivity contribution < 1.29 is 19.4 Å². The summed E-state index contributed by atoms with van der Waals surface area (Å²) < 4.78 is 4.93. The highest BCUT2D eigenvalue weighted by Crippen LogP contribution is 2.12. The van der Waals surface area contributed by atoms with Crippen molar-refractivity contribution in [2.75, 3.05) is 6.61 Å². The molecule has 0 fully saturated rings. The number of carbonyl (C=O) groups is 2. The van der Waals surface area contributed by atoms with Crippen LogP contribution in [0.3, 0.4) is 0 Å². The van der Waals surface area contributed by atoms with E-state index in [1.807, 2.05) is 6.92 Å². The van der Waals surface area contributed by atoms with Crippen molar-refractivity contribution in [3.63, 3.8) is 0 Å². The molecule has 1 unspecified atom stereocenters. The summed E-state index contributed by atoms with van der Waals surface area (Å²) in [5, 5.41) is 10.0. The molecule has 0 amide bonds. The van der Waals surface area contributed by atoms with Gasteiger partial charge in [0.15, 0.2) is 0 Å². The number of hydrogen-bond acceptors (Lipinski definition) is 3. The van der Waals surface area contributed by atoms with E-state index in [-0.39, 0.29) is 0 Å². The summed E-state index contributed by atoms with van der Waals surface area (Å²) in [7, 11) is 0. The van der Waals surface area contributed by atoms with Gasteiger partial charge in [0.1, 0.15) is 0 Å². The lowest BCUT2D eigenvalue weighted by Crippen LogP contribution is -2.12. The lowest BCUT2D eigenvalue weighted by Gasteiger charge is -2.13. The maximum absolute atomic E-state index is 11.0. The van der Waals surface area contributed by atoms with Crippen LogP contribution in [0.5, 0.6) is 0 Å². The van der Waals surface area contributed by atoms with E-state index in [4.69, 9.17) is 4.74 Å². The molecule has 0 bridgehead atoms. The monoisotopic (exact) mass is 227 g/mol. The first kappa shape index (κ1) is 14.7. The smallest absolute Gasteiger partial charge is 0.379 e. The number of unbranched alkanes of at least 4 members (excludes halogenated alkanes) is 1. The SMILES string of the molecule is CCCCC(CC)COC(=O)/C=C/C([O])=O. The lowest BCUT2D eigenvalue weighted by molar-refractivity contribution is -0.141. The zero-order valence-corrected chi connectivity index (χ0v) is 9.90. The van der Waals surface area contributed by atoms with Gasteiger partial charge in [-0.1, -0.05) is 33.1 Å². The second-order valence-corrected chi connectivity index (χ2v) is 3.70. The van der Waals surface area contributed by atoms with E-state index in [0.717, 1.165) is 31.8 Å². The molecule has 16 heavy (non-hydrogen) atoms. The first-order valence-electron chi connectivity index (χ1n) is 5.65. The predicted molar refractivity (Wildman–Crippen MR) is 59.1 cm³/mol. The van der Waals surface area contributed by atoms with Gasteiger partial charge in [0.2, 0.25) is 0 Å². The number of esters is 1. The van der Waals surface area contributed by atoms with Gasteiger partial charge in [0.25, 0.3) is 0 Å². The molecule has 1 radical (unpaired) electrons. The van der Waals surface area contributed by atoms with E-state index in [9.17, 15) is 14.7 Å². The second kappa shape index (κ2) is 8.95. The molecule has 4 nitrogen and oxygen atoms in total. The Hall–Kier alpha value is -1.32. The Morgan fingerprint density at radius 2 is 1.94 bits per heavy atom. The van der Waals surface area contributed by atoms with Crippen molar-refractivity contribution in [1.82, 2.24) is 0 Å². The number of ether oxygens (including phenoxy) is 1. The molecule has 0 saturated carbocycles. The minimum absolute atomic E-state index is 0.354. The zero-order valence-electron chi connectivity index (χ0n) is 9.90. The van der Waals surface area contributed by atoms with Crippen molar-refractivity contribution in [2.24, 2.45) is 5.92 Å². The van der Waals surface area contributed by atoms with Crippen molar-refractivity contribution in [1.29, 1.82) is 0 Å². The van der Waals surface area contributed by atoms with Crippen molar-refractivity contribution in [3.05, 3.63) is 12.2 Å². The van der Waals surface area contributed by atoms with Gasteiger partial charge in [-0.25, -0.2) is 14.7 Å². The summed E-state index contributed by atoms with van der Waals surface area (Å²) in [6.45, 7) is 4.51. The Bertz CT molecular complexity index is 245. The van der Waals surface area contributed by atoms with Crippen LogP contribution in [0.25, 0.3) is 0 Å². The molecule has 0 spiro atoms. The molecule has 0 N–H and O–H groups in total. The average molecular weight is 227 g/mol. The molecule has 0 aromatic heterocycles. The molecular weight excluding hydrogens is 208 g/mol. The molecule has 0 rings (SSSR count). The van der Waals surface area contributed by atoms with Crippen molar-refractivity contribution in [3.8, 4) is 0 Å². The molecule has 0 aromatic carbocycles. The van der Waals surface area contributed by atoms with Crippen molar-refractivity contribution in [2.45, 2.75) is 39.5 Å². The first-order valence-corrected chi connectivity index (χ1v) is 5.65. The van der Waals surface area contributed by atoms with E-state index in [0.29, 0.717) is 18.6 Å². The van der Waals surface area contributed by atoms with Gasteiger partial charge in [-0.3, -0.25) is 0 Å². The molecule has 0 aromatic rings. The maximum atomic E-state index is 11.0. The Balaban J connectivity index is 3.83. The normalized spacial score (nSPS) is 12.6. The van der Waals surface area contributed by atoms with Crippen LogP contribution in [-0.2, 0) is 19.4 Å². The van der Waals surface area contributed by atoms with Gasteiger partial charge in [0, 0.05) is 12.2 Å². The van der Waals surface area contributed by atoms with Crippen LogP contribution in [0.1, 0.15) is 39.5 Å². The fraction of sp³-hybridized carbons (Fsp3) is 0.667. The summed E-state index contributed by atoms with van der Waals surface area (Å²) in [5.41, 5.74) is 0. The summed E-state index contributed by atoms with van der Waals surface area (Å²) in [4.78, 5) is 21.1. The quantitative estimate of drug-likeness (QED) is 0.472. The molecule has 0 aliphatic heterocycles. The van der Waals surface area contributed by atoms with Gasteiger partial charge in [-0.05, 0) is 12.3 Å². The molecule has 91 valence electrons. The number of rotatable bonds is 8. The molecule has 0 saturated heterocycles. The predicted octanol–water partition coefficient (Wildman–Crippen LogP) is 2.26. The highest BCUT2D eigenvalue weighted by molar-refractivity contribution is 5.90. The summed E-state index contributed by atoms with van der Waals surface area (Å²) in [6, 6.07) is 0. The third-order valence-electron chi connectivity index (χ3n) is 2.36. The molecule has 0 heterocycles. The van der Waals surface area contributed by atoms with Gasteiger partial charge >= 0.3 is 11.9 Å². The Kier molecular flexibility index (Phi) is 8.21. The zero-order chi connectivity index (χ0) is 12.4. The van der Waals surface area contributed by atoms with E-state index in [1.165, 1.54) is 0 Å². The van der Waals surface area contributed by atoms with E-state index in [2.05, 4.69) is 6.92 Å². The van der Waals surface area contributed by atoms with Crippen molar-refractivity contribution >= 4 is 11.9 Å². The number of hydrogen-bond donors (Lipinski definition) is 0. The fourth-order valence-corrected chi connectivity index (χ4v) is 1.28. The largest absolute Gasteiger partial charge is 0.462 e. The molecule has 0 aliphatic carbocycles. The minimum Gasteiger partial charge on any atom is -0.462 e. The Morgan fingerprint density at radius 3 is 2.44 bits per heavy atom. The minimum atomic E-state index is -1.39. The van der Waals surface area contributed by atoms with E-state index < -0.39 is 11.9 Å². The standard InChI is InChI=1S/C12H19O4/c1-3-5-6-10(4-2)9-16-12(15)8-7-11(13)14/h7-8,10H,3-6,9H2,1-2H3/b8-7+. The van der Waals surface area contributed by atoms with Crippen LogP contribution in [0.15, 0.2) is 12.2 Å². The molecular formula is C12H19O4. The molecule has 1 atom stereocenters. The van der Waals surface area contributed by atoms with Gasteiger partial charge in [-0.2, -0.15) is 0 Å². The molecule has 4 heteroatoms. The van der Waals surface area contributed by atoms with Crippen LogP contribution < -0.4 is 0 Å². The summed E-state index contributed by atoms with van der Waals surface area (Å²) in [5.74, 6) is -1.66. The third kappa shape index (κ3) is 8.03. The first-order chi connectivity index (χ1) is 7.60. The highest BCUT2D eigenvalue weighted by atomic mass is 16.5. The average Bonchev–Trinajstić information content (AvgIpc) is 2.26. The highest BCUT2D eigenvalue weighted by Gasteiger charge is 2.08. The van der Waals surface area contributed by atoms with Gasteiger partial charge in [0.05, 0.1) is 6.61 Å². The van der Waals surface area contributed by atoms with Gasteiger partial charge < -0.3 is 4.74 Å². The molecule has 0 aliphatic rings. The number of carbonyl (C=O) groups excluding carboxylic acids is 2. The van der Waals surface area contributed by atoms with Crippen LogP contribution >= 0.6 is 0 Å². The van der Waals surface area contributed by atoms with Crippen LogP contribution in [-0.4, -0.2) is 18.5 Å². The third-order valence-corrected chi connectivity index (χ3v) is 2.36. The topological polar surface area (TPSA) is 63.3 Å². The van der Waals surface area contributed by atoms with Crippen LogP contribution in [0.2, 0.25) is 0 Å². The van der Waals surface area contributed by atoms with Gasteiger partial charge in [-0.15, -0.1) is 0 Å². The van der Waals surface area contributed by atoms with Crippen LogP contribution in [0.4, 0.5) is 0 Å². The van der Waals surface area contributed by atoms with Crippen LogP contribution in [0, 0.1) is 5.92 Å². The van der Waals surface area contributed by atoms with E-state index in [1.54, 1.807) is 0 Å². The summed E-state index contributed by atoms with van der Waals surface area (Å²) >= 11 is 0. The maximum Gasteiger partial charge on any atom is 0.379 e. The van der Waals surface area contributed by atoms with E-state index >= 15 is 0 Å². The Morgan fingerprint density at radius 1 is 1.25 bits per heavy atom. The fourth-order valence-electron chi connectivity index (χ4n) is 1.28. The summed E-state index contributed by atoms with van der Waals surface area (Å²) in [6.07, 6.45) is 5.78. The Labute approximate surface area is 96.3 Å². The second-order valence-electron chi connectivity index (χ2n) is 3.70.